The lowest BCUT2D eigenvalue weighted by Crippen LogP contribution is -2.04. The van der Waals surface area contributed by atoms with E-state index in [1.165, 1.54) is 0 Å². The summed E-state index contributed by atoms with van der Waals surface area (Å²) >= 11 is 0. The molecule has 0 aliphatic heterocycles. The van der Waals surface area contributed by atoms with Crippen LogP contribution in [0.1, 0.15) is 11.4 Å². The molecule has 5 nitrogen and oxygen atoms in total. The Morgan fingerprint density at radius 1 is 1.47 bits per heavy atom. The number of aromatic amines is 1. The van der Waals surface area contributed by atoms with Gasteiger partial charge in [-0.3, -0.25) is 5.10 Å². The second-order valence-electron chi connectivity index (χ2n) is 3.10. The second-order valence-corrected chi connectivity index (χ2v) is 3.10. The third-order valence-corrected chi connectivity index (χ3v) is 1.85. The van der Waals surface area contributed by atoms with E-state index in [1.54, 1.807) is 19.2 Å². The van der Waals surface area contributed by atoms with Crippen LogP contribution in [0.2, 0.25) is 0 Å². The molecule has 0 amide bonds. The Balaban J connectivity index is 2.05. The van der Waals surface area contributed by atoms with Gasteiger partial charge in [-0.1, -0.05) is 0 Å². The van der Waals surface area contributed by atoms with Crippen molar-refractivity contribution in [1.82, 2.24) is 20.2 Å². The van der Waals surface area contributed by atoms with Gasteiger partial charge in [0.15, 0.2) is 0 Å². The number of nitrogens with zero attached hydrogens (tertiary/aromatic N) is 3. The molecule has 6 heteroatoms. The minimum atomic E-state index is -0.720. The van der Waals surface area contributed by atoms with Crippen molar-refractivity contribution in [3.8, 4) is 0 Å². The van der Waals surface area contributed by atoms with Crippen molar-refractivity contribution >= 4 is 5.82 Å². The van der Waals surface area contributed by atoms with Gasteiger partial charge in [-0.25, -0.2) is 4.98 Å². The zero-order valence-electron chi connectivity index (χ0n) is 8.16. The minimum absolute atomic E-state index is 0.467. The molecule has 0 atom stereocenters. The summed E-state index contributed by atoms with van der Waals surface area (Å²) < 4.78 is 12.8. The molecule has 0 spiro atoms. The SMILES string of the molecule is Cc1cc(NCc2ccn[nH]2)nc(F)n1. The highest BCUT2D eigenvalue weighted by atomic mass is 19.1. The molecule has 0 radical (unpaired) electrons. The molecular weight excluding hydrogens is 197 g/mol. The number of hydrogen-bond acceptors (Lipinski definition) is 4. The van der Waals surface area contributed by atoms with Crippen molar-refractivity contribution in [2.24, 2.45) is 0 Å². The molecule has 0 unspecified atom stereocenters. The van der Waals surface area contributed by atoms with Crippen molar-refractivity contribution < 1.29 is 4.39 Å². The van der Waals surface area contributed by atoms with E-state index in [0.717, 1.165) is 5.69 Å². The summed E-state index contributed by atoms with van der Waals surface area (Å²) in [6.45, 7) is 2.24. The van der Waals surface area contributed by atoms with E-state index >= 15 is 0 Å². The summed E-state index contributed by atoms with van der Waals surface area (Å²) in [6.07, 6.45) is 0.935. The molecule has 0 aliphatic rings. The van der Waals surface area contributed by atoms with Gasteiger partial charge in [-0.2, -0.15) is 14.5 Å². The van der Waals surface area contributed by atoms with Gasteiger partial charge in [0.2, 0.25) is 0 Å². The van der Waals surface area contributed by atoms with Gasteiger partial charge in [-0.15, -0.1) is 0 Å². The van der Waals surface area contributed by atoms with Crippen molar-refractivity contribution in [3.63, 3.8) is 0 Å². The van der Waals surface area contributed by atoms with Crippen LogP contribution in [-0.2, 0) is 6.54 Å². The summed E-state index contributed by atoms with van der Waals surface area (Å²) in [7, 11) is 0. The van der Waals surface area contributed by atoms with Crippen LogP contribution in [0.25, 0.3) is 0 Å². The number of H-pyrrole nitrogens is 1. The number of hydrogen-bond donors (Lipinski definition) is 2. The van der Waals surface area contributed by atoms with E-state index in [-0.39, 0.29) is 0 Å². The van der Waals surface area contributed by atoms with E-state index in [1.807, 2.05) is 6.07 Å². The van der Waals surface area contributed by atoms with Gasteiger partial charge in [0.25, 0.3) is 0 Å². The monoisotopic (exact) mass is 207 g/mol. The van der Waals surface area contributed by atoms with Crippen LogP contribution < -0.4 is 5.32 Å². The lowest BCUT2D eigenvalue weighted by molar-refractivity contribution is 0.536. The lowest BCUT2D eigenvalue weighted by atomic mass is 10.4. The largest absolute Gasteiger partial charge is 0.364 e. The molecule has 2 rings (SSSR count). The predicted octanol–water partition coefficient (Wildman–Crippen LogP) is 1.26. The van der Waals surface area contributed by atoms with E-state index < -0.39 is 6.08 Å². The average molecular weight is 207 g/mol. The Labute approximate surface area is 85.8 Å². The van der Waals surface area contributed by atoms with Gasteiger partial charge < -0.3 is 5.32 Å². The summed E-state index contributed by atoms with van der Waals surface area (Å²) in [5.74, 6) is 0.467. The minimum Gasteiger partial charge on any atom is -0.364 e. The second kappa shape index (κ2) is 4.04. The van der Waals surface area contributed by atoms with Crippen LogP contribution in [0.15, 0.2) is 18.3 Å². The molecule has 0 aromatic carbocycles. The van der Waals surface area contributed by atoms with Crippen LogP contribution in [-0.4, -0.2) is 20.2 Å². The van der Waals surface area contributed by atoms with Gasteiger partial charge in [0, 0.05) is 18.0 Å². The molecule has 0 fully saturated rings. The van der Waals surface area contributed by atoms with E-state index in [2.05, 4.69) is 25.5 Å². The van der Waals surface area contributed by atoms with Gasteiger partial charge >= 0.3 is 6.08 Å². The zero-order chi connectivity index (χ0) is 10.7. The van der Waals surface area contributed by atoms with Crippen LogP contribution in [0.4, 0.5) is 10.2 Å². The van der Waals surface area contributed by atoms with Crippen LogP contribution in [0.3, 0.4) is 0 Å². The Morgan fingerprint density at radius 3 is 3.00 bits per heavy atom. The summed E-state index contributed by atoms with van der Waals surface area (Å²) in [5, 5.41) is 9.55. The predicted molar refractivity (Wildman–Crippen MR) is 52.6 cm³/mol. The Kier molecular flexibility index (Phi) is 2.57. The standard InChI is InChI=1S/C9H10FN5/c1-6-4-8(14-9(10)13-6)11-5-7-2-3-12-15-7/h2-4H,5H2,1H3,(H,12,15)(H,11,13,14). The topological polar surface area (TPSA) is 66.5 Å². The van der Waals surface area contributed by atoms with Crippen molar-refractivity contribution in [1.29, 1.82) is 0 Å². The van der Waals surface area contributed by atoms with E-state index in [9.17, 15) is 4.39 Å². The lowest BCUT2D eigenvalue weighted by Gasteiger charge is -2.03. The average Bonchev–Trinajstić information content (AvgIpc) is 2.65. The Morgan fingerprint density at radius 2 is 2.33 bits per heavy atom. The fourth-order valence-electron chi connectivity index (χ4n) is 1.19. The normalized spacial score (nSPS) is 10.3. The van der Waals surface area contributed by atoms with Gasteiger partial charge in [0.05, 0.1) is 12.2 Å². The molecule has 2 N–H and O–H groups in total. The smallest absolute Gasteiger partial charge is 0.310 e. The van der Waals surface area contributed by atoms with E-state index in [4.69, 9.17) is 0 Å². The third-order valence-electron chi connectivity index (χ3n) is 1.85. The fourth-order valence-corrected chi connectivity index (χ4v) is 1.19. The summed E-state index contributed by atoms with van der Waals surface area (Å²) in [4.78, 5) is 7.15. The number of aryl methyl sites for hydroxylation is 1. The highest BCUT2D eigenvalue weighted by Gasteiger charge is 2.01. The first-order chi connectivity index (χ1) is 7.24. The maximum absolute atomic E-state index is 12.8. The molecule has 15 heavy (non-hydrogen) atoms. The number of halogens is 1. The highest BCUT2D eigenvalue weighted by Crippen LogP contribution is 2.06. The fraction of sp³-hybridized carbons (Fsp3) is 0.222. The molecule has 0 saturated carbocycles. The quantitative estimate of drug-likeness (QED) is 0.743. The van der Waals surface area contributed by atoms with Gasteiger partial charge in [0.1, 0.15) is 5.82 Å². The third kappa shape index (κ3) is 2.49. The van der Waals surface area contributed by atoms with Crippen molar-refractivity contribution in [2.75, 3.05) is 5.32 Å². The first kappa shape index (κ1) is 9.57. The van der Waals surface area contributed by atoms with Crippen LogP contribution in [0, 0.1) is 13.0 Å². The number of rotatable bonds is 3. The molecule has 2 aromatic rings. The number of anilines is 1. The number of aromatic nitrogens is 4. The molecule has 2 aromatic heterocycles. The van der Waals surface area contributed by atoms with Gasteiger partial charge in [-0.05, 0) is 13.0 Å². The molecule has 0 bridgehead atoms. The number of nitrogens with one attached hydrogen (secondary N) is 2. The maximum Gasteiger partial charge on any atom is 0.310 e. The van der Waals surface area contributed by atoms with Crippen LogP contribution in [0.5, 0.6) is 0 Å². The highest BCUT2D eigenvalue weighted by molar-refractivity contribution is 5.34. The maximum atomic E-state index is 12.8. The Hall–Kier alpha value is -1.98. The first-order valence-corrected chi connectivity index (χ1v) is 4.47. The Bertz CT molecular complexity index is 420. The molecule has 2 heterocycles. The van der Waals surface area contributed by atoms with Crippen molar-refractivity contribution in [2.45, 2.75) is 13.5 Å². The van der Waals surface area contributed by atoms with E-state index in [0.29, 0.717) is 18.1 Å². The van der Waals surface area contributed by atoms with Crippen LogP contribution >= 0.6 is 0 Å². The molecule has 78 valence electrons. The summed E-state index contributed by atoms with van der Waals surface area (Å²) in [5.41, 5.74) is 1.50. The van der Waals surface area contributed by atoms with Crippen molar-refractivity contribution in [3.05, 3.63) is 35.8 Å². The first-order valence-electron chi connectivity index (χ1n) is 4.47. The molecule has 0 saturated heterocycles. The molecule has 0 aliphatic carbocycles. The zero-order valence-corrected chi connectivity index (χ0v) is 8.16. The summed E-state index contributed by atoms with van der Waals surface area (Å²) in [6, 6.07) is 3.51. The molecular formula is C9H10FN5.